The number of para-hydroxylation sites is 1. The molecule has 0 aliphatic heterocycles. The highest BCUT2D eigenvalue weighted by molar-refractivity contribution is 6.05. The van der Waals surface area contributed by atoms with E-state index in [0.29, 0.717) is 10.9 Å². The minimum Gasteiger partial charge on any atom is -0.478 e. The number of aromatic carboxylic acids is 2. The number of non-ortho nitro benzene ring substituents is 1. The first-order chi connectivity index (χ1) is 13.8. The Hall–Kier alpha value is -4.21. The van der Waals surface area contributed by atoms with Crippen LogP contribution in [-0.4, -0.2) is 44.5 Å². The van der Waals surface area contributed by atoms with Gasteiger partial charge in [0.05, 0.1) is 16.1 Å². The van der Waals surface area contributed by atoms with Crippen LogP contribution in [0.1, 0.15) is 36.8 Å². The number of nitrogens with one attached hydrogen (secondary N) is 2. The number of carbonyl (C=O) groups excluding carboxylic acids is 1. The molecule has 0 fully saturated rings. The van der Waals surface area contributed by atoms with Gasteiger partial charge < -0.3 is 20.5 Å². The van der Waals surface area contributed by atoms with E-state index in [2.05, 4.69) is 10.3 Å². The molecule has 0 atom stereocenters. The van der Waals surface area contributed by atoms with Crippen LogP contribution in [0.2, 0.25) is 0 Å². The molecule has 0 saturated heterocycles. The Bertz CT molecular complexity index is 1150. The summed E-state index contributed by atoms with van der Waals surface area (Å²) in [5.74, 6) is -3.15. The minimum absolute atomic E-state index is 0.00269. The number of aromatic nitrogens is 1. The molecule has 148 valence electrons. The third-order valence-electron chi connectivity index (χ3n) is 4.39. The average Bonchev–Trinajstić information content (AvgIpc) is 3.06. The second-order valence-electron chi connectivity index (χ2n) is 6.10. The summed E-state index contributed by atoms with van der Waals surface area (Å²) in [6.45, 7) is 0.00269. The van der Waals surface area contributed by atoms with E-state index >= 15 is 0 Å². The number of amides is 1. The second kappa shape index (κ2) is 7.80. The zero-order valence-corrected chi connectivity index (χ0v) is 14.8. The molecule has 0 aliphatic rings. The highest BCUT2D eigenvalue weighted by Crippen LogP contribution is 2.30. The van der Waals surface area contributed by atoms with E-state index in [4.69, 9.17) is 0 Å². The van der Waals surface area contributed by atoms with Crippen LogP contribution in [0.25, 0.3) is 10.9 Å². The highest BCUT2D eigenvalue weighted by Gasteiger charge is 2.23. The van der Waals surface area contributed by atoms with Crippen LogP contribution < -0.4 is 5.32 Å². The van der Waals surface area contributed by atoms with Gasteiger partial charge in [-0.25, -0.2) is 9.59 Å². The Morgan fingerprint density at radius 1 is 1.00 bits per heavy atom. The molecule has 0 saturated carbocycles. The second-order valence-corrected chi connectivity index (χ2v) is 6.10. The highest BCUT2D eigenvalue weighted by atomic mass is 16.6. The lowest BCUT2D eigenvalue weighted by Crippen LogP contribution is -2.27. The van der Waals surface area contributed by atoms with Crippen LogP contribution in [0.3, 0.4) is 0 Å². The first kappa shape index (κ1) is 19.5. The Kier molecular flexibility index (Phi) is 5.26. The summed E-state index contributed by atoms with van der Waals surface area (Å²) in [7, 11) is 0. The zero-order chi connectivity index (χ0) is 21.1. The normalized spacial score (nSPS) is 10.6. The smallest absolute Gasteiger partial charge is 0.352 e. The van der Waals surface area contributed by atoms with Gasteiger partial charge in [0, 0.05) is 18.0 Å². The Morgan fingerprint density at radius 2 is 1.69 bits per heavy atom. The number of carboxylic acid groups (broad SMARTS) is 2. The predicted molar refractivity (Wildman–Crippen MR) is 101 cm³/mol. The number of nitrogens with zero attached hydrogens (tertiary/aromatic N) is 1. The Labute approximate surface area is 162 Å². The number of H-pyrrole nitrogens is 1. The van der Waals surface area contributed by atoms with Gasteiger partial charge in [-0.05, 0) is 24.1 Å². The number of fused-ring (bicyclic) bond motifs is 1. The lowest BCUT2D eigenvalue weighted by atomic mass is 10.1. The maximum absolute atomic E-state index is 12.3. The molecule has 0 spiro atoms. The molecule has 0 bridgehead atoms. The number of carbonyl (C=O) groups is 3. The van der Waals surface area contributed by atoms with Crippen molar-refractivity contribution in [3.63, 3.8) is 0 Å². The van der Waals surface area contributed by atoms with Gasteiger partial charge in [0.2, 0.25) is 0 Å². The van der Waals surface area contributed by atoms with Gasteiger partial charge >= 0.3 is 11.9 Å². The molecule has 3 aromatic rings. The largest absolute Gasteiger partial charge is 0.478 e. The summed E-state index contributed by atoms with van der Waals surface area (Å²) in [5.41, 5.74) is -0.229. The van der Waals surface area contributed by atoms with Gasteiger partial charge in [-0.3, -0.25) is 14.9 Å². The molecule has 0 aliphatic carbocycles. The maximum atomic E-state index is 12.3. The summed E-state index contributed by atoms with van der Waals surface area (Å²) in [6.07, 6.45) is 0.0732. The van der Waals surface area contributed by atoms with Gasteiger partial charge in [0.25, 0.3) is 11.6 Å². The molecule has 4 N–H and O–H groups in total. The van der Waals surface area contributed by atoms with Crippen LogP contribution in [0.4, 0.5) is 5.69 Å². The predicted octanol–water partition coefficient (Wildman–Crippen LogP) is 2.45. The minimum atomic E-state index is -1.28. The molecule has 0 radical (unpaired) electrons. The number of nitro benzene ring substituents is 1. The fourth-order valence-electron chi connectivity index (χ4n) is 3.12. The van der Waals surface area contributed by atoms with Crippen LogP contribution in [-0.2, 0) is 6.42 Å². The zero-order valence-electron chi connectivity index (χ0n) is 14.8. The Balaban J connectivity index is 1.86. The monoisotopic (exact) mass is 397 g/mol. The van der Waals surface area contributed by atoms with Crippen molar-refractivity contribution < 1.29 is 29.5 Å². The van der Waals surface area contributed by atoms with E-state index < -0.39 is 22.8 Å². The van der Waals surface area contributed by atoms with E-state index in [1.54, 1.807) is 6.07 Å². The van der Waals surface area contributed by atoms with Crippen molar-refractivity contribution in [2.45, 2.75) is 6.42 Å². The third kappa shape index (κ3) is 3.76. The molecule has 10 nitrogen and oxygen atoms in total. The van der Waals surface area contributed by atoms with Gasteiger partial charge in [-0.2, -0.15) is 0 Å². The number of hydrogen-bond donors (Lipinski definition) is 4. The van der Waals surface area contributed by atoms with Gasteiger partial charge in [0.1, 0.15) is 11.2 Å². The quantitative estimate of drug-likeness (QED) is 0.351. The number of carboxylic acids is 2. The molecular formula is C19H15N3O7. The summed E-state index contributed by atoms with van der Waals surface area (Å²) >= 11 is 0. The molecule has 3 rings (SSSR count). The van der Waals surface area contributed by atoms with Crippen molar-refractivity contribution in [1.82, 2.24) is 10.3 Å². The summed E-state index contributed by atoms with van der Waals surface area (Å²) in [4.78, 5) is 48.3. The van der Waals surface area contributed by atoms with E-state index in [1.165, 1.54) is 36.4 Å². The van der Waals surface area contributed by atoms with Crippen LogP contribution >= 0.6 is 0 Å². The van der Waals surface area contributed by atoms with Crippen molar-refractivity contribution in [3.05, 3.63) is 75.0 Å². The summed E-state index contributed by atoms with van der Waals surface area (Å²) in [5, 5.41) is 32.7. The molecule has 2 aromatic carbocycles. The van der Waals surface area contributed by atoms with Crippen LogP contribution in [0.15, 0.2) is 42.5 Å². The standard InChI is InChI=1S/C19H15N3O7/c23-17(12-4-1-2-5-13(12)18(24)25)20-9-8-11-10-6-3-7-14(22(28)29)15(10)21-16(11)19(26)27/h1-7,21H,8-9H2,(H,20,23)(H,24,25)(H,26,27). The fourth-order valence-corrected chi connectivity index (χ4v) is 3.12. The molecule has 29 heavy (non-hydrogen) atoms. The first-order valence-electron chi connectivity index (χ1n) is 8.43. The molecule has 1 aromatic heterocycles. The molecule has 1 heterocycles. The van der Waals surface area contributed by atoms with Crippen molar-refractivity contribution in [2.24, 2.45) is 0 Å². The number of benzene rings is 2. The Morgan fingerprint density at radius 3 is 2.31 bits per heavy atom. The number of aromatic amines is 1. The topological polar surface area (TPSA) is 163 Å². The van der Waals surface area contributed by atoms with Crippen molar-refractivity contribution in [1.29, 1.82) is 0 Å². The summed E-state index contributed by atoms with van der Waals surface area (Å²) in [6, 6.07) is 9.97. The van der Waals surface area contributed by atoms with Gasteiger partial charge in [-0.15, -0.1) is 0 Å². The van der Waals surface area contributed by atoms with E-state index in [1.807, 2.05) is 0 Å². The molecule has 0 unspecified atom stereocenters. The van der Waals surface area contributed by atoms with Crippen LogP contribution in [0, 0.1) is 10.1 Å². The molecular weight excluding hydrogens is 382 g/mol. The fraction of sp³-hybridized carbons (Fsp3) is 0.105. The lowest BCUT2D eigenvalue weighted by molar-refractivity contribution is -0.383. The lowest BCUT2D eigenvalue weighted by Gasteiger charge is -2.08. The third-order valence-corrected chi connectivity index (χ3v) is 4.39. The first-order valence-corrected chi connectivity index (χ1v) is 8.43. The van der Waals surface area contributed by atoms with Crippen molar-refractivity contribution in [3.8, 4) is 0 Å². The number of hydrogen-bond acceptors (Lipinski definition) is 5. The van der Waals surface area contributed by atoms with Crippen molar-refractivity contribution in [2.75, 3.05) is 6.54 Å². The van der Waals surface area contributed by atoms with Crippen molar-refractivity contribution >= 4 is 34.4 Å². The van der Waals surface area contributed by atoms with E-state index in [9.17, 15) is 34.7 Å². The SMILES string of the molecule is O=C(O)c1ccccc1C(=O)NCCc1c(C(=O)O)[nH]c2c([N+](=O)[O-])cccc12. The number of rotatable bonds is 7. The van der Waals surface area contributed by atoms with E-state index in [-0.39, 0.29) is 41.0 Å². The number of nitro groups is 1. The van der Waals surface area contributed by atoms with Crippen LogP contribution in [0.5, 0.6) is 0 Å². The molecule has 10 heteroatoms. The van der Waals surface area contributed by atoms with Gasteiger partial charge in [0.15, 0.2) is 0 Å². The van der Waals surface area contributed by atoms with E-state index in [0.717, 1.165) is 0 Å². The maximum Gasteiger partial charge on any atom is 0.352 e. The molecule has 1 amide bonds. The summed E-state index contributed by atoms with van der Waals surface area (Å²) < 4.78 is 0. The average molecular weight is 397 g/mol. The van der Waals surface area contributed by atoms with Gasteiger partial charge in [-0.1, -0.05) is 24.3 Å².